The summed E-state index contributed by atoms with van der Waals surface area (Å²) in [6, 6.07) is 4.75. The van der Waals surface area contributed by atoms with E-state index in [2.05, 4.69) is 13.8 Å². The minimum absolute atomic E-state index is 0.000465. The van der Waals surface area contributed by atoms with Gasteiger partial charge in [-0.3, -0.25) is 4.79 Å². The van der Waals surface area contributed by atoms with Crippen LogP contribution in [-0.2, 0) is 9.53 Å². The number of aliphatic hydroxyl groups is 3. The predicted octanol–water partition coefficient (Wildman–Crippen LogP) is 2.27. The van der Waals surface area contributed by atoms with Gasteiger partial charge in [0.05, 0.1) is 19.1 Å². The number of benzene rings is 1. The molecule has 8 atom stereocenters. The molecule has 8 nitrogen and oxygen atoms in total. The topological polar surface area (TPSA) is 139 Å². The molecule has 36 heavy (non-hydrogen) atoms. The monoisotopic (exact) mass is 497 g/mol. The average molecular weight is 498 g/mol. The Labute approximate surface area is 210 Å². The summed E-state index contributed by atoms with van der Waals surface area (Å²) in [5.74, 6) is -1.43. The number of methoxy groups -OCH3 is 1. The standard InChI is InChI=1S/C28H35NO7/c1-13-11-27-14(2)9-17-21(26(17,3)4)16(23(27)32)10-15(12-30)22(31)28(27,34)24(13)36-25(33)20-18(29)7-6-8-19(20)35-5/h6-8,10-11,14,16-17,21-22,24,30-31,34H,9,12,29H2,1-5H3/t14-,16+,17-,21+,22-,24+,27+,28+/m1/s1. The van der Waals surface area contributed by atoms with Gasteiger partial charge in [0.15, 0.2) is 17.5 Å². The first-order valence-corrected chi connectivity index (χ1v) is 12.5. The van der Waals surface area contributed by atoms with Crippen molar-refractivity contribution in [3.63, 3.8) is 0 Å². The Bertz CT molecular complexity index is 1200. The first-order valence-electron chi connectivity index (χ1n) is 12.5. The summed E-state index contributed by atoms with van der Waals surface area (Å²) in [7, 11) is 1.40. The Morgan fingerprint density at radius 1 is 1.28 bits per heavy atom. The first kappa shape index (κ1) is 25.0. The number of anilines is 1. The number of hydrogen-bond donors (Lipinski definition) is 4. The van der Waals surface area contributed by atoms with Crippen LogP contribution in [0.5, 0.6) is 5.75 Å². The Kier molecular flexibility index (Phi) is 5.49. The smallest absolute Gasteiger partial charge is 0.344 e. The van der Waals surface area contributed by atoms with Gasteiger partial charge >= 0.3 is 5.97 Å². The summed E-state index contributed by atoms with van der Waals surface area (Å²) < 4.78 is 11.2. The number of carbonyl (C=O) groups excluding carboxylic acids is 2. The van der Waals surface area contributed by atoms with Crippen molar-refractivity contribution in [1.29, 1.82) is 0 Å². The third-order valence-electron chi connectivity index (χ3n) is 9.60. The third kappa shape index (κ3) is 2.92. The fraction of sp³-hybridized carbons (Fsp3) is 0.571. The molecule has 2 bridgehead atoms. The quantitative estimate of drug-likeness (QED) is 0.282. The summed E-state index contributed by atoms with van der Waals surface area (Å²) >= 11 is 0. The van der Waals surface area contributed by atoms with Crippen molar-refractivity contribution in [2.45, 2.75) is 51.9 Å². The molecule has 5 N–H and O–H groups in total. The van der Waals surface area contributed by atoms with E-state index in [1.807, 2.05) is 6.92 Å². The van der Waals surface area contributed by atoms with E-state index in [0.29, 0.717) is 12.0 Å². The maximum Gasteiger partial charge on any atom is 0.344 e. The molecule has 2 saturated carbocycles. The molecule has 1 aromatic carbocycles. The number of carbonyl (C=O) groups is 2. The molecule has 5 rings (SSSR count). The van der Waals surface area contributed by atoms with Gasteiger partial charge in [0.1, 0.15) is 17.4 Å². The van der Waals surface area contributed by atoms with E-state index < -0.39 is 41.7 Å². The van der Waals surface area contributed by atoms with Crippen LogP contribution in [-0.4, -0.2) is 58.6 Å². The van der Waals surface area contributed by atoms with Crippen molar-refractivity contribution in [1.82, 2.24) is 0 Å². The fourth-order valence-corrected chi connectivity index (χ4v) is 7.70. The lowest BCUT2D eigenvalue weighted by atomic mass is 9.59. The van der Waals surface area contributed by atoms with Crippen LogP contribution in [0.4, 0.5) is 5.69 Å². The molecule has 194 valence electrons. The number of allylic oxidation sites excluding steroid dienone is 1. The minimum atomic E-state index is -2.20. The SMILES string of the molecule is COc1cccc(N)c1C(=O)O[C@H]1C(C)=C[C@]23C(=O)[C@@H](C=C(CO)[C@@H](O)[C@]12O)[C@H]1[C@@H](C[C@H]3C)C1(C)C. The number of esters is 1. The maximum atomic E-state index is 14.4. The van der Waals surface area contributed by atoms with Crippen LogP contribution in [0.15, 0.2) is 41.5 Å². The number of ether oxygens (including phenoxy) is 2. The van der Waals surface area contributed by atoms with Crippen molar-refractivity contribution in [3.05, 3.63) is 47.1 Å². The number of fused-ring (bicyclic) bond motifs is 3. The number of ketones is 1. The minimum Gasteiger partial charge on any atom is -0.496 e. The van der Waals surface area contributed by atoms with Gasteiger partial charge in [-0.2, -0.15) is 0 Å². The maximum absolute atomic E-state index is 14.4. The summed E-state index contributed by atoms with van der Waals surface area (Å²) in [5, 5.41) is 34.3. The van der Waals surface area contributed by atoms with Crippen LogP contribution in [0.1, 0.15) is 44.5 Å². The predicted molar refractivity (Wildman–Crippen MR) is 132 cm³/mol. The zero-order valence-electron chi connectivity index (χ0n) is 21.3. The summed E-state index contributed by atoms with van der Waals surface area (Å²) in [5.41, 5.74) is 3.06. The van der Waals surface area contributed by atoms with Gasteiger partial charge in [-0.1, -0.05) is 39.0 Å². The van der Waals surface area contributed by atoms with Crippen molar-refractivity contribution < 1.29 is 34.4 Å². The van der Waals surface area contributed by atoms with E-state index in [9.17, 15) is 24.9 Å². The summed E-state index contributed by atoms with van der Waals surface area (Å²) in [6.45, 7) is 7.34. The Morgan fingerprint density at radius 2 is 1.97 bits per heavy atom. The molecule has 0 radical (unpaired) electrons. The zero-order chi connectivity index (χ0) is 26.4. The molecular formula is C28H35NO7. The molecule has 2 fully saturated rings. The van der Waals surface area contributed by atoms with Crippen LogP contribution >= 0.6 is 0 Å². The van der Waals surface area contributed by atoms with Crippen molar-refractivity contribution >= 4 is 17.4 Å². The van der Waals surface area contributed by atoms with Gasteiger partial charge in [0.25, 0.3) is 0 Å². The number of nitrogens with two attached hydrogens (primary N) is 1. The number of Topliss-reactive ketones (excluding diaryl/α,β-unsaturated/α-hetero) is 1. The third-order valence-corrected chi connectivity index (χ3v) is 9.60. The van der Waals surface area contributed by atoms with E-state index in [4.69, 9.17) is 15.2 Å². The van der Waals surface area contributed by atoms with Gasteiger partial charge in [0, 0.05) is 11.6 Å². The highest BCUT2D eigenvalue weighted by molar-refractivity contribution is 5.99. The average Bonchev–Trinajstić information content (AvgIpc) is 3.32. The molecule has 0 aliphatic heterocycles. The largest absolute Gasteiger partial charge is 0.496 e. The van der Waals surface area contributed by atoms with Crippen LogP contribution in [0.2, 0.25) is 0 Å². The van der Waals surface area contributed by atoms with Crippen molar-refractivity contribution in [3.8, 4) is 5.75 Å². The van der Waals surface area contributed by atoms with Crippen LogP contribution < -0.4 is 10.5 Å². The van der Waals surface area contributed by atoms with E-state index in [0.717, 1.165) is 0 Å². The Hall–Kier alpha value is -2.68. The molecule has 1 aromatic rings. The van der Waals surface area contributed by atoms with Crippen LogP contribution in [0.25, 0.3) is 0 Å². The Morgan fingerprint density at radius 3 is 2.61 bits per heavy atom. The van der Waals surface area contributed by atoms with Gasteiger partial charge in [0.2, 0.25) is 0 Å². The molecule has 4 aliphatic carbocycles. The highest BCUT2D eigenvalue weighted by atomic mass is 16.6. The lowest BCUT2D eigenvalue weighted by Gasteiger charge is -2.48. The van der Waals surface area contributed by atoms with Crippen LogP contribution in [0, 0.1) is 34.5 Å². The van der Waals surface area contributed by atoms with E-state index in [-0.39, 0.29) is 51.5 Å². The summed E-state index contributed by atoms with van der Waals surface area (Å²) in [4.78, 5) is 27.8. The second-order valence-electron chi connectivity index (χ2n) is 11.6. The van der Waals surface area contributed by atoms with E-state index in [1.165, 1.54) is 13.2 Å². The highest BCUT2D eigenvalue weighted by Crippen LogP contribution is 2.71. The van der Waals surface area contributed by atoms with Crippen molar-refractivity contribution in [2.24, 2.45) is 34.5 Å². The molecule has 0 aromatic heterocycles. The lowest BCUT2D eigenvalue weighted by Crippen LogP contribution is -2.65. The second kappa shape index (κ2) is 7.91. The zero-order valence-corrected chi connectivity index (χ0v) is 21.3. The van der Waals surface area contributed by atoms with Crippen molar-refractivity contribution in [2.75, 3.05) is 19.5 Å². The van der Waals surface area contributed by atoms with Crippen LogP contribution in [0.3, 0.4) is 0 Å². The number of rotatable bonds is 4. The van der Waals surface area contributed by atoms with Gasteiger partial charge in [-0.25, -0.2) is 4.79 Å². The normalized spacial score (nSPS) is 40.2. The second-order valence-corrected chi connectivity index (χ2v) is 11.6. The molecule has 0 saturated heterocycles. The fourth-order valence-electron chi connectivity index (χ4n) is 7.70. The lowest BCUT2D eigenvalue weighted by molar-refractivity contribution is -0.190. The number of hydrogen-bond acceptors (Lipinski definition) is 8. The van der Waals surface area contributed by atoms with E-state index >= 15 is 0 Å². The summed E-state index contributed by atoms with van der Waals surface area (Å²) in [6.07, 6.45) is 1.06. The van der Waals surface area contributed by atoms with Gasteiger partial charge < -0.3 is 30.5 Å². The van der Waals surface area contributed by atoms with Gasteiger partial charge in [-0.05, 0) is 59.8 Å². The molecule has 0 amide bonds. The molecule has 1 spiro atoms. The van der Waals surface area contributed by atoms with Gasteiger partial charge in [-0.15, -0.1) is 0 Å². The Balaban J connectivity index is 1.64. The molecular weight excluding hydrogens is 462 g/mol. The first-order chi connectivity index (χ1) is 16.9. The molecule has 8 heteroatoms. The molecule has 0 unspecified atom stereocenters. The number of nitrogen functional groups attached to an aromatic ring is 1. The highest BCUT2D eigenvalue weighted by Gasteiger charge is 2.76. The number of aliphatic hydroxyl groups excluding tert-OH is 2. The van der Waals surface area contributed by atoms with E-state index in [1.54, 1.807) is 31.2 Å². The molecule has 4 aliphatic rings. The molecule has 0 heterocycles.